The summed E-state index contributed by atoms with van der Waals surface area (Å²) in [5.74, 6) is 0.677. The fourth-order valence-electron chi connectivity index (χ4n) is 3.23. The van der Waals surface area contributed by atoms with Crippen LogP contribution in [0.1, 0.15) is 46.8 Å². The molecule has 24 heavy (non-hydrogen) atoms. The van der Waals surface area contributed by atoms with Crippen molar-refractivity contribution in [2.75, 3.05) is 13.9 Å². The molecule has 128 valence electrons. The monoisotopic (exact) mass is 328 g/mol. The quantitative estimate of drug-likeness (QED) is 0.800. The number of ether oxygens (including phenoxy) is 2. The second-order valence-electron chi connectivity index (χ2n) is 6.22. The number of aliphatic hydroxyl groups excluding tert-OH is 2. The maximum Gasteiger partial charge on any atom is 0.188 e. The lowest BCUT2D eigenvalue weighted by molar-refractivity contribution is 0.0487. The maximum atomic E-state index is 10.9. The summed E-state index contributed by atoms with van der Waals surface area (Å²) >= 11 is 0. The zero-order valence-electron chi connectivity index (χ0n) is 14.0. The van der Waals surface area contributed by atoms with Gasteiger partial charge in [0, 0.05) is 12.7 Å². The molecule has 3 rings (SSSR count). The van der Waals surface area contributed by atoms with Gasteiger partial charge in [-0.25, -0.2) is 0 Å². The van der Waals surface area contributed by atoms with Crippen LogP contribution in [0.5, 0.6) is 5.75 Å². The summed E-state index contributed by atoms with van der Waals surface area (Å²) in [4.78, 5) is 0. The van der Waals surface area contributed by atoms with E-state index in [0.29, 0.717) is 5.75 Å². The van der Waals surface area contributed by atoms with E-state index >= 15 is 0 Å². The van der Waals surface area contributed by atoms with Crippen LogP contribution in [0.15, 0.2) is 36.4 Å². The van der Waals surface area contributed by atoms with Crippen LogP contribution in [0.25, 0.3) is 0 Å². The predicted molar refractivity (Wildman–Crippen MR) is 92.0 cm³/mol. The van der Waals surface area contributed by atoms with E-state index in [0.717, 1.165) is 29.5 Å². The van der Waals surface area contributed by atoms with Gasteiger partial charge in [0.2, 0.25) is 0 Å². The van der Waals surface area contributed by atoms with Gasteiger partial charge >= 0.3 is 0 Å². The molecule has 0 saturated heterocycles. The molecule has 2 aromatic carbocycles. The minimum atomic E-state index is -0.767. The molecule has 1 aliphatic rings. The molecular weight excluding hydrogens is 304 g/mol. The van der Waals surface area contributed by atoms with Gasteiger partial charge in [-0.05, 0) is 60.1 Å². The first kappa shape index (κ1) is 17.0. The number of hydrogen-bond donors (Lipinski definition) is 2. The van der Waals surface area contributed by atoms with E-state index < -0.39 is 6.10 Å². The van der Waals surface area contributed by atoms with Gasteiger partial charge in [-0.3, -0.25) is 0 Å². The van der Waals surface area contributed by atoms with E-state index in [1.54, 1.807) is 7.11 Å². The number of benzene rings is 2. The zero-order chi connectivity index (χ0) is 16.9. The largest absolute Gasteiger partial charge is 0.467 e. The van der Waals surface area contributed by atoms with E-state index in [9.17, 15) is 5.11 Å². The summed E-state index contributed by atoms with van der Waals surface area (Å²) in [7, 11) is 1.59. The SMILES string of the molecule is COCOc1cc2c(cc1C(O)c1ccc(CO)cc1)CCCC2. The topological polar surface area (TPSA) is 58.9 Å². The first-order valence-electron chi connectivity index (χ1n) is 8.38. The molecule has 0 aromatic heterocycles. The van der Waals surface area contributed by atoms with Crippen molar-refractivity contribution in [3.8, 4) is 5.75 Å². The highest BCUT2D eigenvalue weighted by Gasteiger charge is 2.20. The minimum Gasteiger partial charge on any atom is -0.467 e. The molecule has 1 aliphatic carbocycles. The average molecular weight is 328 g/mol. The van der Waals surface area contributed by atoms with Gasteiger partial charge in [-0.15, -0.1) is 0 Å². The van der Waals surface area contributed by atoms with E-state index in [-0.39, 0.29) is 13.4 Å². The van der Waals surface area contributed by atoms with Crippen LogP contribution in [0.3, 0.4) is 0 Å². The lowest BCUT2D eigenvalue weighted by Crippen LogP contribution is -2.10. The highest BCUT2D eigenvalue weighted by atomic mass is 16.7. The fraction of sp³-hybridized carbons (Fsp3) is 0.400. The van der Waals surface area contributed by atoms with Crippen molar-refractivity contribution in [3.63, 3.8) is 0 Å². The Morgan fingerprint density at radius 3 is 2.33 bits per heavy atom. The number of hydrogen-bond acceptors (Lipinski definition) is 4. The Labute approximate surface area is 142 Å². The van der Waals surface area contributed by atoms with Gasteiger partial charge in [0.1, 0.15) is 11.9 Å². The van der Waals surface area contributed by atoms with Gasteiger partial charge in [0.05, 0.1) is 6.61 Å². The molecule has 0 bridgehead atoms. The van der Waals surface area contributed by atoms with Crippen molar-refractivity contribution < 1.29 is 19.7 Å². The molecule has 0 heterocycles. The lowest BCUT2D eigenvalue weighted by atomic mass is 9.88. The van der Waals surface area contributed by atoms with Crippen molar-refractivity contribution in [2.45, 2.75) is 38.4 Å². The Morgan fingerprint density at radius 2 is 1.71 bits per heavy atom. The van der Waals surface area contributed by atoms with Crippen LogP contribution in [0.4, 0.5) is 0 Å². The van der Waals surface area contributed by atoms with Crippen LogP contribution < -0.4 is 4.74 Å². The van der Waals surface area contributed by atoms with Crippen molar-refractivity contribution in [3.05, 3.63) is 64.2 Å². The second kappa shape index (κ2) is 7.79. The molecule has 4 heteroatoms. The summed E-state index contributed by atoms with van der Waals surface area (Å²) in [6, 6.07) is 11.5. The van der Waals surface area contributed by atoms with Gasteiger partial charge < -0.3 is 19.7 Å². The van der Waals surface area contributed by atoms with E-state index in [1.165, 1.54) is 24.0 Å². The Hall–Kier alpha value is -1.88. The molecule has 0 radical (unpaired) electrons. The van der Waals surface area contributed by atoms with Gasteiger partial charge in [-0.1, -0.05) is 24.3 Å². The lowest BCUT2D eigenvalue weighted by Gasteiger charge is -2.22. The van der Waals surface area contributed by atoms with Gasteiger partial charge in [-0.2, -0.15) is 0 Å². The first-order chi connectivity index (χ1) is 11.7. The van der Waals surface area contributed by atoms with Crippen molar-refractivity contribution in [1.29, 1.82) is 0 Å². The molecule has 0 saturated carbocycles. The molecule has 2 N–H and O–H groups in total. The number of fused-ring (bicyclic) bond motifs is 1. The Morgan fingerprint density at radius 1 is 1.04 bits per heavy atom. The molecule has 1 unspecified atom stereocenters. The second-order valence-corrected chi connectivity index (χ2v) is 6.22. The standard InChI is InChI=1S/C20H24O4/c1-23-13-24-19-11-17-5-3-2-4-16(17)10-18(19)20(22)15-8-6-14(12-21)7-9-15/h6-11,20-22H,2-5,12-13H2,1H3. The summed E-state index contributed by atoms with van der Waals surface area (Å²) in [6.07, 6.45) is 3.72. The first-order valence-corrected chi connectivity index (χ1v) is 8.38. The summed E-state index contributed by atoms with van der Waals surface area (Å²) in [5, 5.41) is 20.0. The van der Waals surface area contributed by atoms with Crippen LogP contribution in [0, 0.1) is 0 Å². The highest BCUT2D eigenvalue weighted by molar-refractivity contribution is 5.47. The van der Waals surface area contributed by atoms with Crippen LogP contribution in [-0.4, -0.2) is 24.1 Å². The number of aryl methyl sites for hydroxylation is 2. The van der Waals surface area contributed by atoms with Crippen LogP contribution in [0.2, 0.25) is 0 Å². The summed E-state index contributed by atoms with van der Waals surface area (Å²) in [6.45, 7) is 0.152. The number of aliphatic hydroxyl groups is 2. The summed E-state index contributed by atoms with van der Waals surface area (Å²) in [5.41, 5.74) is 4.98. The van der Waals surface area contributed by atoms with Gasteiger partial charge in [0.25, 0.3) is 0 Å². The summed E-state index contributed by atoms with van der Waals surface area (Å²) < 4.78 is 10.7. The zero-order valence-corrected chi connectivity index (χ0v) is 14.0. The molecular formula is C20H24O4. The van der Waals surface area contributed by atoms with Crippen molar-refractivity contribution in [1.82, 2.24) is 0 Å². The van der Waals surface area contributed by atoms with Crippen LogP contribution >= 0.6 is 0 Å². The third-order valence-electron chi connectivity index (χ3n) is 4.58. The van der Waals surface area contributed by atoms with Crippen molar-refractivity contribution >= 4 is 0 Å². The minimum absolute atomic E-state index is 0.00256. The smallest absolute Gasteiger partial charge is 0.188 e. The van der Waals surface area contributed by atoms with E-state index in [4.69, 9.17) is 14.6 Å². The Balaban J connectivity index is 1.96. The molecule has 0 fully saturated rings. The molecule has 0 spiro atoms. The van der Waals surface area contributed by atoms with Crippen LogP contribution in [-0.2, 0) is 24.2 Å². The van der Waals surface area contributed by atoms with Gasteiger partial charge in [0.15, 0.2) is 6.79 Å². The maximum absolute atomic E-state index is 10.9. The number of methoxy groups -OCH3 is 1. The third kappa shape index (κ3) is 3.61. The highest BCUT2D eigenvalue weighted by Crippen LogP contribution is 2.35. The van der Waals surface area contributed by atoms with E-state index in [2.05, 4.69) is 6.07 Å². The molecule has 1 atom stereocenters. The normalized spacial score (nSPS) is 15.0. The Bertz CT molecular complexity index is 679. The Kier molecular flexibility index (Phi) is 5.51. The average Bonchev–Trinajstić information content (AvgIpc) is 2.65. The fourth-order valence-corrected chi connectivity index (χ4v) is 3.23. The third-order valence-corrected chi connectivity index (χ3v) is 4.58. The van der Waals surface area contributed by atoms with Crippen molar-refractivity contribution in [2.24, 2.45) is 0 Å². The molecule has 0 aliphatic heterocycles. The predicted octanol–water partition coefficient (Wildman–Crippen LogP) is 3.12. The number of rotatable bonds is 6. The molecule has 0 amide bonds. The molecule has 4 nitrogen and oxygen atoms in total. The molecule has 2 aromatic rings. The van der Waals surface area contributed by atoms with E-state index in [1.807, 2.05) is 30.3 Å².